The molecule has 0 radical (unpaired) electrons. The zero-order chi connectivity index (χ0) is 12.4. The molecule has 0 aliphatic carbocycles. The molecule has 0 N–H and O–H groups in total. The summed E-state index contributed by atoms with van der Waals surface area (Å²) in [4.78, 5) is 0. The molecule has 1 aliphatic rings. The van der Waals surface area contributed by atoms with Crippen LogP contribution in [0.25, 0.3) is 0 Å². The number of halogens is 1. The number of likely N-dealkylation sites (tertiary alicyclic amines) is 1. The highest BCUT2D eigenvalue weighted by Gasteiger charge is 2.32. The molecule has 0 aromatic heterocycles. The van der Waals surface area contributed by atoms with Crippen LogP contribution in [-0.2, 0) is 18.9 Å². The second-order valence-electron chi connectivity index (χ2n) is 4.56. The van der Waals surface area contributed by atoms with Gasteiger partial charge in [0.15, 0.2) is 13.5 Å². The third-order valence-corrected chi connectivity index (χ3v) is 3.11. The molecule has 0 aromatic rings. The van der Waals surface area contributed by atoms with E-state index in [0.717, 1.165) is 31.0 Å². The standard InChI is InChI=1S/C12H26NO4.HI/c1-14-7-9-16-11-13(5-3-4-6-13)12-17-10-8-15-2;/h3-12H2,1-2H3;1H/q+1;/p-1. The van der Waals surface area contributed by atoms with Crippen molar-refractivity contribution in [3.63, 3.8) is 0 Å². The van der Waals surface area contributed by atoms with Crippen LogP contribution in [0, 0.1) is 0 Å². The van der Waals surface area contributed by atoms with Gasteiger partial charge in [-0.25, -0.2) is 0 Å². The molecule has 1 saturated heterocycles. The molecule has 0 aromatic carbocycles. The lowest BCUT2D eigenvalue weighted by Gasteiger charge is -2.32. The lowest BCUT2D eigenvalue weighted by Crippen LogP contribution is -3.00. The number of hydrogen-bond donors (Lipinski definition) is 0. The Kier molecular flexibility index (Phi) is 11.7. The Morgan fingerprint density at radius 3 is 1.61 bits per heavy atom. The highest BCUT2D eigenvalue weighted by Crippen LogP contribution is 2.19. The van der Waals surface area contributed by atoms with Crippen molar-refractivity contribution in [3.05, 3.63) is 0 Å². The Morgan fingerprint density at radius 1 is 0.778 bits per heavy atom. The normalized spacial score (nSPS) is 17.7. The van der Waals surface area contributed by atoms with Gasteiger partial charge in [0, 0.05) is 27.1 Å². The van der Waals surface area contributed by atoms with Crippen LogP contribution >= 0.6 is 0 Å². The summed E-state index contributed by atoms with van der Waals surface area (Å²) in [6.07, 6.45) is 2.53. The largest absolute Gasteiger partial charge is 1.00 e. The molecule has 1 rings (SSSR count). The van der Waals surface area contributed by atoms with Crippen LogP contribution in [0.2, 0.25) is 0 Å². The maximum Gasteiger partial charge on any atom is 0.185 e. The molecule has 0 bridgehead atoms. The van der Waals surface area contributed by atoms with E-state index in [0.29, 0.717) is 26.4 Å². The fourth-order valence-corrected chi connectivity index (χ4v) is 2.10. The van der Waals surface area contributed by atoms with Gasteiger partial charge >= 0.3 is 0 Å². The van der Waals surface area contributed by atoms with Crippen molar-refractivity contribution in [2.75, 3.05) is 67.2 Å². The van der Waals surface area contributed by atoms with E-state index in [1.165, 1.54) is 12.8 Å². The lowest BCUT2D eigenvalue weighted by atomic mass is 10.4. The quantitative estimate of drug-likeness (QED) is 0.248. The maximum atomic E-state index is 5.65. The van der Waals surface area contributed by atoms with Gasteiger partial charge in [0.05, 0.1) is 39.5 Å². The Bertz CT molecular complexity index is 175. The average Bonchev–Trinajstić information content (AvgIpc) is 2.80. The van der Waals surface area contributed by atoms with E-state index in [1.54, 1.807) is 14.2 Å². The van der Waals surface area contributed by atoms with Crippen LogP contribution in [0.15, 0.2) is 0 Å². The molecular weight excluding hydrogens is 349 g/mol. The van der Waals surface area contributed by atoms with Gasteiger partial charge < -0.3 is 42.9 Å². The second kappa shape index (κ2) is 11.4. The number of methoxy groups -OCH3 is 2. The molecule has 1 heterocycles. The zero-order valence-corrected chi connectivity index (χ0v) is 13.7. The van der Waals surface area contributed by atoms with E-state index < -0.39 is 0 Å². The van der Waals surface area contributed by atoms with Gasteiger partial charge in [-0.3, -0.25) is 4.48 Å². The number of nitrogens with zero attached hydrogens (tertiary/aromatic N) is 1. The summed E-state index contributed by atoms with van der Waals surface area (Å²) in [7, 11) is 3.38. The SMILES string of the molecule is COCCOC[N+]1(COCCOC)CCCC1.[I-]. The second-order valence-corrected chi connectivity index (χ2v) is 4.56. The smallest absolute Gasteiger partial charge is 0.185 e. The average molecular weight is 375 g/mol. The Balaban J connectivity index is 0.00000289. The number of ether oxygens (including phenoxy) is 4. The Hall–Kier alpha value is 0.530. The molecule has 0 atom stereocenters. The first-order valence-corrected chi connectivity index (χ1v) is 6.31. The molecule has 1 aliphatic heterocycles. The van der Waals surface area contributed by atoms with E-state index in [-0.39, 0.29) is 24.0 Å². The third-order valence-electron chi connectivity index (χ3n) is 3.11. The van der Waals surface area contributed by atoms with Crippen LogP contribution in [0.5, 0.6) is 0 Å². The summed E-state index contributed by atoms with van der Waals surface area (Å²) >= 11 is 0. The minimum absolute atomic E-state index is 0. The summed E-state index contributed by atoms with van der Waals surface area (Å²) in [5, 5.41) is 0. The zero-order valence-electron chi connectivity index (χ0n) is 11.5. The predicted molar refractivity (Wildman–Crippen MR) is 64.6 cm³/mol. The van der Waals surface area contributed by atoms with Crippen molar-refractivity contribution in [3.8, 4) is 0 Å². The minimum atomic E-state index is 0. The summed E-state index contributed by atoms with van der Waals surface area (Å²) in [5.41, 5.74) is 0. The molecule has 5 nitrogen and oxygen atoms in total. The van der Waals surface area contributed by atoms with Crippen LogP contribution in [0.1, 0.15) is 12.8 Å². The molecule has 0 spiro atoms. The summed E-state index contributed by atoms with van der Waals surface area (Å²) in [6.45, 7) is 6.41. The van der Waals surface area contributed by atoms with E-state index in [4.69, 9.17) is 18.9 Å². The fraction of sp³-hybridized carbons (Fsp3) is 1.00. The number of hydrogen-bond acceptors (Lipinski definition) is 4. The van der Waals surface area contributed by atoms with Crippen LogP contribution in [0.3, 0.4) is 0 Å². The monoisotopic (exact) mass is 375 g/mol. The number of quaternary nitrogens is 1. The van der Waals surface area contributed by atoms with Crippen LogP contribution in [0.4, 0.5) is 0 Å². The van der Waals surface area contributed by atoms with Gasteiger partial charge in [0.25, 0.3) is 0 Å². The van der Waals surface area contributed by atoms with Gasteiger partial charge in [-0.1, -0.05) is 0 Å². The van der Waals surface area contributed by atoms with Crippen molar-refractivity contribution in [1.82, 2.24) is 0 Å². The van der Waals surface area contributed by atoms with E-state index in [9.17, 15) is 0 Å². The maximum absolute atomic E-state index is 5.65. The van der Waals surface area contributed by atoms with Crippen molar-refractivity contribution in [2.24, 2.45) is 0 Å². The lowest BCUT2D eigenvalue weighted by molar-refractivity contribution is -0.952. The minimum Gasteiger partial charge on any atom is -1.00 e. The summed E-state index contributed by atoms with van der Waals surface area (Å²) in [6, 6.07) is 0. The first-order chi connectivity index (χ1) is 8.33. The Morgan fingerprint density at radius 2 is 1.22 bits per heavy atom. The molecule has 1 fully saturated rings. The van der Waals surface area contributed by atoms with Gasteiger partial charge in [-0.2, -0.15) is 0 Å². The summed E-state index contributed by atoms with van der Waals surface area (Å²) < 4.78 is 22.2. The van der Waals surface area contributed by atoms with Crippen molar-refractivity contribution in [2.45, 2.75) is 12.8 Å². The highest BCUT2D eigenvalue weighted by molar-refractivity contribution is 4.50. The topological polar surface area (TPSA) is 36.9 Å². The summed E-state index contributed by atoms with van der Waals surface area (Å²) in [5.74, 6) is 0. The molecular formula is C12H26INO4. The fourth-order valence-electron chi connectivity index (χ4n) is 2.10. The first kappa shape index (κ1) is 18.5. The molecule has 0 saturated carbocycles. The number of rotatable bonds is 10. The van der Waals surface area contributed by atoms with Gasteiger partial charge in [0.1, 0.15) is 0 Å². The van der Waals surface area contributed by atoms with Gasteiger partial charge in [-0.15, -0.1) is 0 Å². The van der Waals surface area contributed by atoms with Crippen LogP contribution in [-0.4, -0.2) is 71.7 Å². The predicted octanol–water partition coefficient (Wildman–Crippen LogP) is -2.16. The van der Waals surface area contributed by atoms with E-state index >= 15 is 0 Å². The van der Waals surface area contributed by atoms with E-state index in [2.05, 4.69) is 0 Å². The van der Waals surface area contributed by atoms with Crippen molar-refractivity contribution >= 4 is 0 Å². The highest BCUT2D eigenvalue weighted by atomic mass is 127. The van der Waals surface area contributed by atoms with Gasteiger partial charge in [-0.05, 0) is 0 Å². The Labute approximate surface area is 127 Å². The van der Waals surface area contributed by atoms with Crippen molar-refractivity contribution < 1.29 is 47.4 Å². The van der Waals surface area contributed by atoms with Crippen LogP contribution < -0.4 is 24.0 Å². The van der Waals surface area contributed by atoms with Crippen molar-refractivity contribution in [1.29, 1.82) is 0 Å². The molecule has 0 unspecified atom stereocenters. The molecule has 110 valence electrons. The molecule has 6 heteroatoms. The van der Waals surface area contributed by atoms with Gasteiger partial charge in [0.2, 0.25) is 0 Å². The molecule has 0 amide bonds. The first-order valence-electron chi connectivity index (χ1n) is 6.31. The third kappa shape index (κ3) is 7.20. The molecule has 18 heavy (non-hydrogen) atoms. The van der Waals surface area contributed by atoms with E-state index in [1.807, 2.05) is 0 Å².